The number of amides is 1. The summed E-state index contributed by atoms with van der Waals surface area (Å²) in [6.45, 7) is 0.588. The average Bonchev–Trinajstić information content (AvgIpc) is 2.82. The van der Waals surface area contributed by atoms with Gasteiger partial charge in [0, 0.05) is 13.0 Å². The second kappa shape index (κ2) is 4.38. The van der Waals surface area contributed by atoms with Crippen molar-refractivity contribution >= 4 is 22.9 Å². The Morgan fingerprint density at radius 3 is 3.00 bits per heavy atom. The van der Waals surface area contributed by atoms with Gasteiger partial charge in [-0.2, -0.15) is 0 Å². The predicted octanol–water partition coefficient (Wildman–Crippen LogP) is 1.19. The fraction of sp³-hybridized carbons (Fsp3) is 0.308. The van der Waals surface area contributed by atoms with Crippen molar-refractivity contribution in [3.05, 3.63) is 30.1 Å². The van der Waals surface area contributed by atoms with Crippen molar-refractivity contribution in [2.45, 2.75) is 18.9 Å². The fourth-order valence-electron chi connectivity index (χ4n) is 2.41. The van der Waals surface area contributed by atoms with E-state index in [9.17, 15) is 9.59 Å². The van der Waals surface area contributed by atoms with Crippen LogP contribution < -0.4 is 5.32 Å². The van der Waals surface area contributed by atoms with Crippen LogP contribution in [0.1, 0.15) is 29.2 Å². The number of nitrogens with zero attached hydrogens (tertiary/aromatic N) is 2. The number of carbonyl (C=O) groups is 2. The first kappa shape index (κ1) is 11.7. The molecule has 0 spiro atoms. The van der Waals surface area contributed by atoms with Crippen molar-refractivity contribution in [2.75, 3.05) is 6.54 Å². The lowest BCUT2D eigenvalue weighted by Gasteiger charge is -2.24. The quantitative estimate of drug-likeness (QED) is 0.848. The minimum Gasteiger partial charge on any atom is -0.478 e. The molecule has 2 N–H and O–H groups in total. The van der Waals surface area contributed by atoms with Crippen LogP contribution in [0.15, 0.2) is 24.5 Å². The summed E-state index contributed by atoms with van der Waals surface area (Å²) in [6.07, 6.45) is 2.99. The van der Waals surface area contributed by atoms with Crippen molar-refractivity contribution in [1.82, 2.24) is 14.9 Å². The highest BCUT2D eigenvalue weighted by Crippen LogP contribution is 2.23. The molecule has 6 nitrogen and oxygen atoms in total. The number of aromatic carboxylic acids is 1. The standard InChI is InChI=1S/C13H13N3O3/c17-12-4-2-9(6-14-12)16-7-15-10-5-8(13(18)19)1-3-11(10)16/h1,3,5,7,9H,2,4,6H2,(H,14,17)(H,18,19). The van der Waals surface area contributed by atoms with E-state index in [1.165, 1.54) is 0 Å². The molecule has 2 aromatic rings. The Labute approximate surface area is 109 Å². The first-order valence-corrected chi connectivity index (χ1v) is 6.12. The van der Waals surface area contributed by atoms with Gasteiger partial charge in [0.2, 0.25) is 5.91 Å². The maximum absolute atomic E-state index is 11.2. The van der Waals surface area contributed by atoms with E-state index in [0.717, 1.165) is 11.9 Å². The number of imidazole rings is 1. The molecule has 1 saturated heterocycles. The maximum atomic E-state index is 11.2. The molecule has 1 aromatic carbocycles. The van der Waals surface area contributed by atoms with Gasteiger partial charge in [-0.25, -0.2) is 9.78 Å². The zero-order chi connectivity index (χ0) is 13.4. The molecular formula is C13H13N3O3. The van der Waals surface area contributed by atoms with Gasteiger partial charge in [0.25, 0.3) is 0 Å². The van der Waals surface area contributed by atoms with Gasteiger partial charge >= 0.3 is 5.97 Å². The number of hydrogen-bond donors (Lipinski definition) is 2. The highest BCUT2D eigenvalue weighted by atomic mass is 16.4. The molecule has 1 aliphatic rings. The van der Waals surface area contributed by atoms with Crippen molar-refractivity contribution in [3.63, 3.8) is 0 Å². The van der Waals surface area contributed by atoms with Gasteiger partial charge in [-0.05, 0) is 24.6 Å². The lowest BCUT2D eigenvalue weighted by molar-refractivity contribution is -0.122. The molecule has 3 rings (SSSR count). The first-order valence-electron chi connectivity index (χ1n) is 6.12. The molecule has 1 unspecified atom stereocenters. The Kier molecular flexibility index (Phi) is 2.70. The normalized spacial score (nSPS) is 19.4. The molecule has 0 bridgehead atoms. The molecule has 6 heteroatoms. The summed E-state index contributed by atoms with van der Waals surface area (Å²) in [5.41, 5.74) is 1.79. The second-order valence-electron chi connectivity index (χ2n) is 4.66. The number of carboxylic acids is 1. The van der Waals surface area contributed by atoms with E-state index in [4.69, 9.17) is 5.11 Å². The number of rotatable bonds is 2. The van der Waals surface area contributed by atoms with Crippen molar-refractivity contribution in [1.29, 1.82) is 0 Å². The molecule has 1 fully saturated rings. The van der Waals surface area contributed by atoms with Gasteiger partial charge in [-0.1, -0.05) is 0 Å². The van der Waals surface area contributed by atoms with E-state index in [-0.39, 0.29) is 17.5 Å². The molecule has 1 aliphatic heterocycles. The van der Waals surface area contributed by atoms with Crippen molar-refractivity contribution in [3.8, 4) is 0 Å². The van der Waals surface area contributed by atoms with Crippen LogP contribution in [-0.4, -0.2) is 33.1 Å². The van der Waals surface area contributed by atoms with E-state index in [1.54, 1.807) is 24.5 Å². The minimum atomic E-state index is -0.957. The van der Waals surface area contributed by atoms with Crippen LogP contribution in [0.5, 0.6) is 0 Å². The molecule has 1 amide bonds. The second-order valence-corrected chi connectivity index (χ2v) is 4.66. The average molecular weight is 259 g/mol. The molecule has 2 heterocycles. The number of fused-ring (bicyclic) bond motifs is 1. The molecule has 0 radical (unpaired) electrons. The smallest absolute Gasteiger partial charge is 0.335 e. The number of hydrogen-bond acceptors (Lipinski definition) is 3. The summed E-state index contributed by atoms with van der Waals surface area (Å²) < 4.78 is 2.00. The monoisotopic (exact) mass is 259 g/mol. The molecule has 0 aliphatic carbocycles. The summed E-state index contributed by atoms with van der Waals surface area (Å²) in [7, 11) is 0. The topological polar surface area (TPSA) is 84.2 Å². The van der Waals surface area contributed by atoms with Crippen molar-refractivity contribution in [2.24, 2.45) is 0 Å². The number of carbonyl (C=O) groups excluding carboxylic acids is 1. The fourth-order valence-corrected chi connectivity index (χ4v) is 2.41. The Balaban J connectivity index is 1.97. The number of benzene rings is 1. The minimum absolute atomic E-state index is 0.0776. The Morgan fingerprint density at radius 1 is 1.47 bits per heavy atom. The van der Waals surface area contributed by atoms with Gasteiger partial charge in [0.15, 0.2) is 0 Å². The van der Waals surface area contributed by atoms with Crippen LogP contribution in [0.3, 0.4) is 0 Å². The predicted molar refractivity (Wildman–Crippen MR) is 68.0 cm³/mol. The third-order valence-electron chi connectivity index (χ3n) is 3.45. The van der Waals surface area contributed by atoms with Gasteiger partial charge in [-0.15, -0.1) is 0 Å². The van der Waals surface area contributed by atoms with Crippen molar-refractivity contribution < 1.29 is 14.7 Å². The molecule has 98 valence electrons. The van der Waals surface area contributed by atoms with E-state index in [1.807, 2.05) is 4.57 Å². The molecule has 1 aromatic heterocycles. The van der Waals surface area contributed by atoms with Gasteiger partial charge in [0.1, 0.15) is 0 Å². The third kappa shape index (κ3) is 2.05. The number of nitrogens with one attached hydrogen (secondary N) is 1. The Morgan fingerprint density at radius 2 is 2.32 bits per heavy atom. The van der Waals surface area contributed by atoms with Crippen LogP contribution in [0.2, 0.25) is 0 Å². The van der Waals surface area contributed by atoms with Crippen LogP contribution in [0, 0.1) is 0 Å². The lowest BCUT2D eigenvalue weighted by atomic mass is 10.1. The summed E-state index contributed by atoms with van der Waals surface area (Å²) in [4.78, 5) is 26.3. The zero-order valence-electron chi connectivity index (χ0n) is 10.2. The summed E-state index contributed by atoms with van der Waals surface area (Å²) in [6, 6.07) is 5.08. The highest BCUT2D eigenvalue weighted by molar-refractivity contribution is 5.92. The number of carboxylic acid groups (broad SMARTS) is 1. The number of aromatic nitrogens is 2. The number of piperidine rings is 1. The highest BCUT2D eigenvalue weighted by Gasteiger charge is 2.21. The zero-order valence-corrected chi connectivity index (χ0v) is 10.2. The van der Waals surface area contributed by atoms with Crippen LogP contribution in [-0.2, 0) is 4.79 Å². The molecule has 0 saturated carbocycles. The van der Waals surface area contributed by atoms with Gasteiger partial charge < -0.3 is 15.0 Å². The Hall–Kier alpha value is -2.37. The van der Waals surface area contributed by atoms with E-state index in [0.29, 0.717) is 18.5 Å². The summed E-state index contributed by atoms with van der Waals surface area (Å²) >= 11 is 0. The first-order chi connectivity index (χ1) is 9.15. The van der Waals surface area contributed by atoms with E-state index >= 15 is 0 Å². The van der Waals surface area contributed by atoms with Crippen LogP contribution in [0.4, 0.5) is 0 Å². The summed E-state index contributed by atoms with van der Waals surface area (Å²) in [5.74, 6) is -0.879. The largest absolute Gasteiger partial charge is 0.478 e. The maximum Gasteiger partial charge on any atom is 0.335 e. The molecule has 1 atom stereocenters. The van der Waals surface area contributed by atoms with Crippen LogP contribution in [0.25, 0.3) is 11.0 Å². The third-order valence-corrected chi connectivity index (χ3v) is 3.45. The van der Waals surface area contributed by atoms with Crippen LogP contribution >= 0.6 is 0 Å². The van der Waals surface area contributed by atoms with E-state index < -0.39 is 5.97 Å². The SMILES string of the molecule is O=C1CCC(n2cnc3cc(C(=O)O)ccc32)CN1. The van der Waals surface area contributed by atoms with Gasteiger partial charge in [-0.3, -0.25) is 4.79 Å². The Bertz CT molecular complexity index is 652. The van der Waals surface area contributed by atoms with Gasteiger partial charge in [0.05, 0.1) is 29.0 Å². The summed E-state index contributed by atoms with van der Waals surface area (Å²) in [5, 5.41) is 11.8. The molecule has 19 heavy (non-hydrogen) atoms. The molecular weight excluding hydrogens is 246 g/mol. The lowest BCUT2D eigenvalue weighted by Crippen LogP contribution is -2.35. The van der Waals surface area contributed by atoms with E-state index in [2.05, 4.69) is 10.3 Å².